The Morgan fingerprint density at radius 3 is 2.43 bits per heavy atom. The van der Waals surface area contributed by atoms with E-state index in [2.05, 4.69) is 5.32 Å². The molecule has 1 aliphatic carbocycles. The summed E-state index contributed by atoms with van der Waals surface area (Å²) in [5, 5.41) is 22.0. The number of carbonyl (C=O) groups is 2. The first kappa shape index (κ1) is 16.1. The molecular weight excluding hydrogens is 272 g/mol. The van der Waals surface area contributed by atoms with Crippen molar-refractivity contribution in [2.24, 2.45) is 17.3 Å². The number of hydrogen-bond acceptors (Lipinski definition) is 3. The molecular formula is C15H26N2O4. The molecule has 1 aliphatic heterocycles. The van der Waals surface area contributed by atoms with E-state index in [4.69, 9.17) is 0 Å². The number of hydrogen-bond donors (Lipinski definition) is 3. The molecule has 0 aromatic heterocycles. The van der Waals surface area contributed by atoms with Crippen molar-refractivity contribution in [2.75, 3.05) is 19.6 Å². The predicted molar refractivity (Wildman–Crippen MR) is 77.8 cm³/mol. The molecule has 120 valence electrons. The largest absolute Gasteiger partial charge is 0.481 e. The van der Waals surface area contributed by atoms with Gasteiger partial charge >= 0.3 is 12.0 Å². The van der Waals surface area contributed by atoms with Gasteiger partial charge in [-0.2, -0.15) is 0 Å². The zero-order valence-corrected chi connectivity index (χ0v) is 12.8. The zero-order chi connectivity index (χ0) is 15.6. The molecule has 0 spiro atoms. The molecule has 0 aromatic carbocycles. The van der Waals surface area contributed by atoms with E-state index in [0.29, 0.717) is 31.8 Å². The van der Waals surface area contributed by atoms with Gasteiger partial charge in [-0.3, -0.25) is 4.79 Å². The topological polar surface area (TPSA) is 89.9 Å². The van der Waals surface area contributed by atoms with Gasteiger partial charge in [-0.25, -0.2) is 4.79 Å². The fourth-order valence-electron chi connectivity index (χ4n) is 3.64. The minimum atomic E-state index is -0.884. The molecule has 1 heterocycles. The van der Waals surface area contributed by atoms with E-state index in [1.54, 1.807) is 4.90 Å². The molecule has 0 bridgehead atoms. The third kappa shape index (κ3) is 3.00. The number of aliphatic carboxylic acids is 1. The molecule has 2 rings (SSSR count). The van der Waals surface area contributed by atoms with E-state index in [1.165, 1.54) is 0 Å². The Hall–Kier alpha value is -1.30. The van der Waals surface area contributed by atoms with Gasteiger partial charge in [-0.15, -0.1) is 0 Å². The highest BCUT2D eigenvalue weighted by molar-refractivity contribution is 5.78. The third-order valence-corrected chi connectivity index (χ3v) is 5.49. The number of urea groups is 1. The van der Waals surface area contributed by atoms with Crippen molar-refractivity contribution < 1.29 is 19.8 Å². The van der Waals surface area contributed by atoms with Crippen molar-refractivity contribution in [3.05, 3.63) is 0 Å². The van der Waals surface area contributed by atoms with Crippen molar-refractivity contribution in [2.45, 2.75) is 45.6 Å². The van der Waals surface area contributed by atoms with Crippen molar-refractivity contribution in [1.82, 2.24) is 10.2 Å². The molecule has 3 N–H and O–H groups in total. The first-order valence-electron chi connectivity index (χ1n) is 7.87. The van der Waals surface area contributed by atoms with Gasteiger partial charge < -0.3 is 20.4 Å². The van der Waals surface area contributed by atoms with Crippen molar-refractivity contribution >= 4 is 12.0 Å². The fourth-order valence-corrected chi connectivity index (χ4v) is 3.64. The van der Waals surface area contributed by atoms with E-state index in [1.807, 2.05) is 13.8 Å². The first-order chi connectivity index (χ1) is 9.93. The van der Waals surface area contributed by atoms with Crippen molar-refractivity contribution in [3.63, 3.8) is 0 Å². The lowest BCUT2D eigenvalue weighted by Gasteiger charge is -2.28. The van der Waals surface area contributed by atoms with Gasteiger partial charge in [0, 0.05) is 25.6 Å². The fraction of sp³-hybridized carbons (Fsp3) is 0.867. The summed E-state index contributed by atoms with van der Waals surface area (Å²) in [6.07, 6.45) is 2.49. The number of aliphatic hydroxyl groups is 1. The average molecular weight is 298 g/mol. The smallest absolute Gasteiger partial charge is 0.317 e. The van der Waals surface area contributed by atoms with Gasteiger partial charge in [0.2, 0.25) is 0 Å². The summed E-state index contributed by atoms with van der Waals surface area (Å²) >= 11 is 0. The number of fused-ring (bicyclic) bond motifs is 1. The highest BCUT2D eigenvalue weighted by Crippen LogP contribution is 2.38. The monoisotopic (exact) mass is 298 g/mol. The SMILES string of the molecule is CCC(CC)(CNC(=O)N1CC2CCC(O)C2C1)C(=O)O. The van der Waals surface area contributed by atoms with Crippen LogP contribution < -0.4 is 5.32 Å². The molecule has 3 atom stereocenters. The molecule has 1 saturated heterocycles. The summed E-state index contributed by atoms with van der Waals surface area (Å²) in [5.41, 5.74) is -0.884. The van der Waals surface area contributed by atoms with Gasteiger partial charge in [0.1, 0.15) is 0 Å². The molecule has 2 aliphatic rings. The van der Waals surface area contributed by atoms with Crippen LogP contribution >= 0.6 is 0 Å². The quantitative estimate of drug-likeness (QED) is 0.713. The Kier molecular flexibility index (Phi) is 4.76. The summed E-state index contributed by atoms with van der Waals surface area (Å²) in [6, 6.07) is -0.205. The summed E-state index contributed by atoms with van der Waals surface area (Å²) in [4.78, 5) is 25.4. The first-order valence-corrected chi connectivity index (χ1v) is 7.87. The van der Waals surface area contributed by atoms with Gasteiger partial charge in [-0.05, 0) is 31.6 Å². The second kappa shape index (κ2) is 6.22. The number of likely N-dealkylation sites (tertiary alicyclic amines) is 1. The maximum Gasteiger partial charge on any atom is 0.317 e. The van der Waals surface area contributed by atoms with Gasteiger partial charge in [-0.1, -0.05) is 13.8 Å². The Balaban J connectivity index is 1.89. The Morgan fingerprint density at radius 2 is 1.90 bits per heavy atom. The molecule has 3 unspecified atom stereocenters. The predicted octanol–water partition coefficient (Wildman–Crippen LogP) is 1.29. The van der Waals surface area contributed by atoms with E-state index in [-0.39, 0.29) is 24.6 Å². The van der Waals surface area contributed by atoms with E-state index >= 15 is 0 Å². The number of carboxylic acids is 1. The number of nitrogens with zero attached hydrogens (tertiary/aromatic N) is 1. The summed E-state index contributed by atoms with van der Waals surface area (Å²) in [7, 11) is 0. The van der Waals surface area contributed by atoms with Crippen LogP contribution in [0.25, 0.3) is 0 Å². The van der Waals surface area contributed by atoms with Crippen LogP contribution in [0.1, 0.15) is 39.5 Å². The van der Waals surface area contributed by atoms with Crippen LogP contribution in [0.3, 0.4) is 0 Å². The van der Waals surface area contributed by atoms with Crippen LogP contribution in [-0.4, -0.2) is 52.9 Å². The number of amides is 2. The standard InChI is InChI=1S/C15H26N2O4/c1-3-15(4-2,13(19)20)9-16-14(21)17-7-10-5-6-12(18)11(10)8-17/h10-12,18H,3-9H2,1-2H3,(H,16,21)(H,19,20). The highest BCUT2D eigenvalue weighted by Gasteiger charge is 2.44. The minimum absolute atomic E-state index is 0.155. The molecule has 6 heteroatoms. The molecule has 0 aromatic rings. The Labute approximate surface area is 125 Å². The van der Waals surface area contributed by atoms with Crippen LogP contribution in [0, 0.1) is 17.3 Å². The average Bonchev–Trinajstić information content (AvgIpc) is 3.02. The number of nitrogens with one attached hydrogen (secondary N) is 1. The minimum Gasteiger partial charge on any atom is -0.481 e. The lowest BCUT2D eigenvalue weighted by atomic mass is 9.82. The Bertz CT molecular complexity index is 408. The van der Waals surface area contributed by atoms with Gasteiger partial charge in [0.05, 0.1) is 11.5 Å². The van der Waals surface area contributed by atoms with Crippen LogP contribution in [-0.2, 0) is 4.79 Å². The van der Waals surface area contributed by atoms with Crippen molar-refractivity contribution in [3.8, 4) is 0 Å². The maximum atomic E-state index is 12.2. The normalized spacial score (nSPS) is 28.5. The van der Waals surface area contributed by atoms with E-state index in [0.717, 1.165) is 12.8 Å². The van der Waals surface area contributed by atoms with Crippen LogP contribution in [0.15, 0.2) is 0 Å². The van der Waals surface area contributed by atoms with Crippen LogP contribution in [0.5, 0.6) is 0 Å². The second-order valence-corrected chi connectivity index (χ2v) is 6.42. The number of aliphatic hydroxyl groups excluding tert-OH is 1. The Morgan fingerprint density at radius 1 is 1.24 bits per heavy atom. The lowest BCUT2D eigenvalue weighted by Crippen LogP contribution is -2.47. The van der Waals surface area contributed by atoms with E-state index < -0.39 is 11.4 Å². The summed E-state index contributed by atoms with van der Waals surface area (Å²) in [6.45, 7) is 5.07. The van der Waals surface area contributed by atoms with Crippen LogP contribution in [0.4, 0.5) is 4.79 Å². The third-order valence-electron chi connectivity index (χ3n) is 5.49. The molecule has 1 saturated carbocycles. The molecule has 21 heavy (non-hydrogen) atoms. The lowest BCUT2D eigenvalue weighted by molar-refractivity contribution is -0.149. The number of carbonyl (C=O) groups excluding carboxylic acids is 1. The number of rotatable bonds is 5. The van der Waals surface area contributed by atoms with Gasteiger partial charge in [0.25, 0.3) is 0 Å². The molecule has 0 radical (unpaired) electrons. The zero-order valence-electron chi connectivity index (χ0n) is 12.8. The van der Waals surface area contributed by atoms with E-state index in [9.17, 15) is 19.8 Å². The summed E-state index contributed by atoms with van der Waals surface area (Å²) < 4.78 is 0. The number of carboxylic acid groups (broad SMARTS) is 1. The molecule has 2 fully saturated rings. The molecule has 2 amide bonds. The van der Waals surface area contributed by atoms with Gasteiger partial charge in [0.15, 0.2) is 0 Å². The highest BCUT2D eigenvalue weighted by atomic mass is 16.4. The van der Waals surface area contributed by atoms with Crippen molar-refractivity contribution in [1.29, 1.82) is 0 Å². The molecule has 6 nitrogen and oxygen atoms in total. The summed E-state index contributed by atoms with van der Waals surface area (Å²) in [5.74, 6) is -0.272. The second-order valence-electron chi connectivity index (χ2n) is 6.42. The van der Waals surface area contributed by atoms with Crippen LogP contribution in [0.2, 0.25) is 0 Å². The maximum absolute atomic E-state index is 12.2.